The van der Waals surface area contributed by atoms with Crippen molar-refractivity contribution in [2.75, 3.05) is 31.5 Å². The molecule has 4 heteroatoms. The zero-order valence-electron chi connectivity index (χ0n) is 15.2. The van der Waals surface area contributed by atoms with Gasteiger partial charge in [0, 0.05) is 37.9 Å². The molecular formula is C19H31N3O. The number of rotatable bonds is 6. The van der Waals surface area contributed by atoms with E-state index in [0.717, 1.165) is 31.9 Å². The summed E-state index contributed by atoms with van der Waals surface area (Å²) in [4.78, 5) is 16.7. The highest BCUT2D eigenvalue weighted by Crippen LogP contribution is 2.19. The van der Waals surface area contributed by atoms with Crippen LogP contribution in [0.2, 0.25) is 0 Å². The Labute approximate surface area is 140 Å². The Morgan fingerprint density at radius 3 is 2.13 bits per heavy atom. The molecule has 1 fully saturated rings. The highest BCUT2D eigenvalue weighted by atomic mass is 16.2. The lowest BCUT2D eigenvalue weighted by Crippen LogP contribution is -2.62. The van der Waals surface area contributed by atoms with Crippen molar-refractivity contribution in [1.29, 1.82) is 0 Å². The molecule has 0 atom stereocenters. The summed E-state index contributed by atoms with van der Waals surface area (Å²) in [5.41, 5.74) is 2.07. The first kappa shape index (κ1) is 17.8. The Hall–Kier alpha value is -1.55. The van der Waals surface area contributed by atoms with E-state index < -0.39 is 0 Å². The molecule has 1 aliphatic heterocycles. The summed E-state index contributed by atoms with van der Waals surface area (Å²) in [6.07, 6.45) is 0. The number of carbonyl (C=O) groups excluding carboxylic acids is 1. The molecule has 0 aliphatic carbocycles. The molecule has 1 saturated heterocycles. The predicted molar refractivity (Wildman–Crippen MR) is 96.8 cm³/mol. The molecule has 0 radical (unpaired) electrons. The molecule has 0 spiro atoms. The van der Waals surface area contributed by atoms with Crippen LogP contribution in [0.5, 0.6) is 0 Å². The first-order valence-electron chi connectivity index (χ1n) is 8.71. The standard InChI is InChI=1S/C19H31N3O/c1-14(2)10-21(11-15(3)4)18-12-22(13-18)19(23)20-17-8-6-16(5)7-9-17/h6-9,14-15,18H,10-13H2,1-5H3,(H,20,23). The fourth-order valence-electron chi connectivity index (χ4n) is 3.00. The van der Waals surface area contributed by atoms with Crippen LogP contribution in [0.25, 0.3) is 0 Å². The summed E-state index contributed by atoms with van der Waals surface area (Å²) in [6.45, 7) is 15.0. The van der Waals surface area contributed by atoms with E-state index in [1.165, 1.54) is 5.56 Å². The average Bonchev–Trinajstić information content (AvgIpc) is 2.38. The van der Waals surface area contributed by atoms with Gasteiger partial charge in [0.2, 0.25) is 0 Å². The van der Waals surface area contributed by atoms with Crippen molar-refractivity contribution in [3.63, 3.8) is 0 Å². The van der Waals surface area contributed by atoms with Crippen molar-refractivity contribution < 1.29 is 4.79 Å². The van der Waals surface area contributed by atoms with E-state index >= 15 is 0 Å². The summed E-state index contributed by atoms with van der Waals surface area (Å²) in [5.74, 6) is 1.31. The smallest absolute Gasteiger partial charge is 0.321 e. The van der Waals surface area contributed by atoms with E-state index in [2.05, 4.69) is 37.9 Å². The Morgan fingerprint density at radius 1 is 1.13 bits per heavy atom. The van der Waals surface area contributed by atoms with Crippen LogP contribution < -0.4 is 5.32 Å². The normalized spacial score (nSPS) is 15.4. The first-order chi connectivity index (χ1) is 10.8. The number of urea groups is 1. The lowest BCUT2D eigenvalue weighted by molar-refractivity contribution is 0.0464. The van der Waals surface area contributed by atoms with Crippen molar-refractivity contribution in [2.24, 2.45) is 11.8 Å². The molecule has 0 aromatic heterocycles. The molecule has 1 N–H and O–H groups in total. The second-order valence-electron chi connectivity index (χ2n) is 7.60. The first-order valence-corrected chi connectivity index (χ1v) is 8.71. The molecule has 4 nitrogen and oxygen atoms in total. The monoisotopic (exact) mass is 317 g/mol. The zero-order valence-corrected chi connectivity index (χ0v) is 15.2. The molecule has 0 bridgehead atoms. The van der Waals surface area contributed by atoms with Crippen LogP contribution in [0, 0.1) is 18.8 Å². The Bertz CT molecular complexity index is 494. The number of amides is 2. The molecule has 128 valence electrons. The second kappa shape index (κ2) is 7.82. The van der Waals surface area contributed by atoms with E-state index in [-0.39, 0.29) is 6.03 Å². The highest BCUT2D eigenvalue weighted by molar-refractivity contribution is 5.89. The minimum Gasteiger partial charge on any atom is -0.321 e. The van der Waals surface area contributed by atoms with Gasteiger partial charge in [-0.05, 0) is 30.9 Å². The summed E-state index contributed by atoms with van der Waals surface area (Å²) in [5, 5.41) is 2.98. The lowest BCUT2D eigenvalue weighted by atomic mass is 10.0. The van der Waals surface area contributed by atoms with E-state index in [4.69, 9.17) is 0 Å². The number of anilines is 1. The van der Waals surface area contributed by atoms with Crippen LogP contribution in [0.1, 0.15) is 33.3 Å². The lowest BCUT2D eigenvalue weighted by Gasteiger charge is -2.46. The number of likely N-dealkylation sites (tertiary alicyclic amines) is 1. The maximum Gasteiger partial charge on any atom is 0.321 e. The quantitative estimate of drug-likeness (QED) is 0.865. The Morgan fingerprint density at radius 2 is 1.65 bits per heavy atom. The summed E-state index contributed by atoms with van der Waals surface area (Å²) >= 11 is 0. The van der Waals surface area contributed by atoms with Gasteiger partial charge in [0.1, 0.15) is 0 Å². The zero-order chi connectivity index (χ0) is 17.0. The number of carbonyl (C=O) groups is 1. The summed E-state index contributed by atoms with van der Waals surface area (Å²) < 4.78 is 0. The SMILES string of the molecule is Cc1ccc(NC(=O)N2CC(N(CC(C)C)CC(C)C)C2)cc1. The summed E-state index contributed by atoms with van der Waals surface area (Å²) in [6, 6.07) is 8.45. The van der Waals surface area contributed by atoms with Crippen LogP contribution in [-0.2, 0) is 0 Å². The molecular weight excluding hydrogens is 286 g/mol. The second-order valence-corrected chi connectivity index (χ2v) is 7.60. The number of benzene rings is 1. The van der Waals surface area contributed by atoms with Crippen molar-refractivity contribution >= 4 is 11.7 Å². The minimum absolute atomic E-state index is 0.0131. The molecule has 23 heavy (non-hydrogen) atoms. The van der Waals surface area contributed by atoms with Gasteiger partial charge < -0.3 is 10.2 Å². The minimum atomic E-state index is 0.0131. The molecule has 1 aromatic rings. The van der Waals surface area contributed by atoms with Gasteiger partial charge in [-0.3, -0.25) is 4.90 Å². The third-order valence-electron chi connectivity index (χ3n) is 4.17. The molecule has 1 heterocycles. The fraction of sp³-hybridized carbons (Fsp3) is 0.632. The predicted octanol–water partition coefficient (Wildman–Crippen LogP) is 3.83. The van der Waals surface area contributed by atoms with E-state index in [1.807, 2.05) is 36.1 Å². The number of nitrogens with one attached hydrogen (secondary N) is 1. The van der Waals surface area contributed by atoms with Crippen LogP contribution in [0.3, 0.4) is 0 Å². The fourth-order valence-corrected chi connectivity index (χ4v) is 3.00. The third-order valence-corrected chi connectivity index (χ3v) is 4.17. The number of aryl methyl sites for hydroxylation is 1. The van der Waals surface area contributed by atoms with Gasteiger partial charge >= 0.3 is 6.03 Å². The Kier molecular flexibility index (Phi) is 6.05. The van der Waals surface area contributed by atoms with E-state index in [1.54, 1.807) is 0 Å². The molecule has 1 aromatic carbocycles. The number of nitrogens with zero attached hydrogens (tertiary/aromatic N) is 2. The maximum atomic E-state index is 12.3. The highest BCUT2D eigenvalue weighted by Gasteiger charge is 2.35. The van der Waals surface area contributed by atoms with Gasteiger partial charge in [-0.15, -0.1) is 0 Å². The summed E-state index contributed by atoms with van der Waals surface area (Å²) in [7, 11) is 0. The van der Waals surface area contributed by atoms with Gasteiger partial charge in [-0.1, -0.05) is 45.4 Å². The number of hydrogen-bond donors (Lipinski definition) is 1. The van der Waals surface area contributed by atoms with Gasteiger partial charge in [0.15, 0.2) is 0 Å². The van der Waals surface area contributed by atoms with Crippen molar-refractivity contribution in [3.8, 4) is 0 Å². The van der Waals surface area contributed by atoms with Crippen LogP contribution in [0.15, 0.2) is 24.3 Å². The van der Waals surface area contributed by atoms with Crippen molar-refractivity contribution in [1.82, 2.24) is 9.80 Å². The van der Waals surface area contributed by atoms with Gasteiger partial charge in [0.25, 0.3) is 0 Å². The molecule has 1 aliphatic rings. The molecule has 0 unspecified atom stereocenters. The van der Waals surface area contributed by atoms with Crippen LogP contribution in [-0.4, -0.2) is 48.1 Å². The van der Waals surface area contributed by atoms with Crippen molar-refractivity contribution in [2.45, 2.75) is 40.7 Å². The molecule has 2 rings (SSSR count). The van der Waals surface area contributed by atoms with Gasteiger partial charge in [-0.2, -0.15) is 0 Å². The van der Waals surface area contributed by atoms with Gasteiger partial charge in [-0.25, -0.2) is 4.79 Å². The largest absolute Gasteiger partial charge is 0.321 e. The average molecular weight is 317 g/mol. The van der Waals surface area contributed by atoms with E-state index in [0.29, 0.717) is 17.9 Å². The van der Waals surface area contributed by atoms with E-state index in [9.17, 15) is 4.79 Å². The third kappa shape index (κ3) is 5.24. The van der Waals surface area contributed by atoms with Crippen LogP contribution >= 0.6 is 0 Å². The van der Waals surface area contributed by atoms with Crippen LogP contribution in [0.4, 0.5) is 10.5 Å². The Balaban J connectivity index is 1.83. The van der Waals surface area contributed by atoms with Crippen molar-refractivity contribution in [3.05, 3.63) is 29.8 Å². The topological polar surface area (TPSA) is 35.6 Å². The maximum absolute atomic E-state index is 12.3. The van der Waals surface area contributed by atoms with Gasteiger partial charge in [0.05, 0.1) is 0 Å². The molecule has 2 amide bonds. The molecule has 0 saturated carbocycles. The number of hydrogen-bond acceptors (Lipinski definition) is 2.